The van der Waals surface area contributed by atoms with Gasteiger partial charge in [0.05, 0.1) is 16.3 Å². The molecule has 5 nitrogen and oxygen atoms in total. The van der Waals surface area contributed by atoms with Gasteiger partial charge in [-0.25, -0.2) is 0 Å². The molecule has 0 aliphatic carbocycles. The van der Waals surface area contributed by atoms with E-state index in [4.69, 9.17) is 21.3 Å². The predicted molar refractivity (Wildman–Crippen MR) is 103 cm³/mol. The topological polar surface area (TPSA) is 89.8 Å². The van der Waals surface area contributed by atoms with Gasteiger partial charge in [-0.3, -0.25) is 4.79 Å². The Hall–Kier alpha value is -3.80. The minimum absolute atomic E-state index is 0.150. The van der Waals surface area contributed by atoms with Gasteiger partial charge >= 0.3 is 0 Å². The number of nitriles is 2. The van der Waals surface area contributed by atoms with Gasteiger partial charge < -0.3 is 9.73 Å². The maximum absolute atomic E-state index is 12.4. The van der Waals surface area contributed by atoms with E-state index in [0.29, 0.717) is 33.4 Å². The first-order chi connectivity index (χ1) is 13.1. The number of halogens is 1. The van der Waals surface area contributed by atoms with E-state index in [9.17, 15) is 10.1 Å². The molecule has 0 bridgehead atoms. The molecule has 1 N–H and O–H groups in total. The van der Waals surface area contributed by atoms with Crippen LogP contribution >= 0.6 is 11.6 Å². The zero-order valence-electron chi connectivity index (χ0n) is 13.9. The lowest BCUT2D eigenvalue weighted by Gasteiger charge is -2.05. The van der Waals surface area contributed by atoms with Crippen LogP contribution in [0.2, 0.25) is 5.02 Å². The lowest BCUT2D eigenvalue weighted by Crippen LogP contribution is -2.14. The molecule has 0 spiro atoms. The number of rotatable bonds is 4. The number of benzene rings is 2. The van der Waals surface area contributed by atoms with Crippen molar-refractivity contribution in [1.29, 1.82) is 10.5 Å². The first kappa shape index (κ1) is 18.0. The summed E-state index contributed by atoms with van der Waals surface area (Å²) < 4.78 is 5.68. The van der Waals surface area contributed by atoms with Crippen LogP contribution in [-0.2, 0) is 4.79 Å². The number of carbonyl (C=O) groups is 1. The molecule has 0 saturated carbocycles. The molecule has 1 aromatic heterocycles. The summed E-state index contributed by atoms with van der Waals surface area (Å²) >= 11 is 6.15. The molecule has 0 atom stereocenters. The van der Waals surface area contributed by atoms with Gasteiger partial charge in [-0.05, 0) is 36.4 Å². The first-order valence-corrected chi connectivity index (χ1v) is 8.27. The molecular weight excluding hydrogens is 362 g/mol. The van der Waals surface area contributed by atoms with Crippen molar-refractivity contribution in [2.24, 2.45) is 0 Å². The zero-order chi connectivity index (χ0) is 19.2. The van der Waals surface area contributed by atoms with Gasteiger partial charge in [-0.1, -0.05) is 35.9 Å². The highest BCUT2D eigenvalue weighted by Crippen LogP contribution is 2.29. The summed E-state index contributed by atoms with van der Waals surface area (Å²) in [7, 11) is 0. The van der Waals surface area contributed by atoms with Crippen LogP contribution in [0.5, 0.6) is 0 Å². The SMILES string of the molecule is N#C/C(=C\c1ccc(-c2ccccc2Cl)o1)C(=O)Nc1ccccc1C#N. The summed E-state index contributed by atoms with van der Waals surface area (Å²) in [6, 6.07) is 20.9. The molecule has 2 aromatic carbocycles. The van der Waals surface area contributed by atoms with Crippen molar-refractivity contribution in [2.75, 3.05) is 5.32 Å². The second-order valence-electron chi connectivity index (χ2n) is 5.46. The fourth-order valence-corrected chi connectivity index (χ4v) is 2.64. The highest BCUT2D eigenvalue weighted by molar-refractivity contribution is 6.33. The summed E-state index contributed by atoms with van der Waals surface area (Å²) in [4.78, 5) is 12.4. The summed E-state index contributed by atoms with van der Waals surface area (Å²) in [5.74, 6) is 0.237. The Balaban J connectivity index is 1.85. The number of anilines is 1. The van der Waals surface area contributed by atoms with Crippen molar-refractivity contribution < 1.29 is 9.21 Å². The number of hydrogen-bond acceptors (Lipinski definition) is 4. The summed E-state index contributed by atoms with van der Waals surface area (Å²) in [5, 5.41) is 21.5. The fraction of sp³-hybridized carbons (Fsp3) is 0. The molecule has 0 saturated heterocycles. The number of amides is 1. The fourth-order valence-electron chi connectivity index (χ4n) is 2.41. The molecule has 6 heteroatoms. The van der Waals surface area contributed by atoms with Crippen molar-refractivity contribution in [3.8, 4) is 23.5 Å². The van der Waals surface area contributed by atoms with Gasteiger partial charge in [0.2, 0.25) is 0 Å². The Morgan fingerprint density at radius 1 is 1.04 bits per heavy atom. The molecule has 0 fully saturated rings. The summed E-state index contributed by atoms with van der Waals surface area (Å²) in [5.41, 5.74) is 1.21. The van der Waals surface area contributed by atoms with Crippen LogP contribution in [0.15, 0.2) is 70.7 Å². The molecule has 0 unspecified atom stereocenters. The normalized spacial score (nSPS) is 10.7. The Morgan fingerprint density at radius 3 is 2.52 bits per heavy atom. The monoisotopic (exact) mass is 373 g/mol. The van der Waals surface area contributed by atoms with Crippen molar-refractivity contribution in [1.82, 2.24) is 0 Å². The predicted octanol–water partition coefficient (Wildman–Crippen LogP) is 5.02. The maximum Gasteiger partial charge on any atom is 0.266 e. The van der Waals surface area contributed by atoms with Gasteiger partial charge in [0.25, 0.3) is 5.91 Å². The van der Waals surface area contributed by atoms with E-state index < -0.39 is 5.91 Å². The molecule has 0 radical (unpaired) electrons. The van der Waals surface area contributed by atoms with Crippen LogP contribution in [-0.4, -0.2) is 5.91 Å². The molecule has 3 aromatic rings. The average molecular weight is 374 g/mol. The number of furan rings is 1. The van der Waals surface area contributed by atoms with E-state index in [1.807, 2.05) is 30.3 Å². The second kappa shape index (κ2) is 8.05. The largest absolute Gasteiger partial charge is 0.457 e. The third kappa shape index (κ3) is 4.07. The number of nitrogens with zero attached hydrogens (tertiary/aromatic N) is 2. The summed E-state index contributed by atoms with van der Waals surface area (Å²) in [6.45, 7) is 0. The lowest BCUT2D eigenvalue weighted by molar-refractivity contribution is -0.112. The van der Waals surface area contributed by atoms with Gasteiger partial charge in [0.1, 0.15) is 29.2 Å². The number of carbonyl (C=O) groups excluding carboxylic acids is 1. The third-order valence-corrected chi connectivity index (χ3v) is 4.04. The van der Waals surface area contributed by atoms with E-state index in [1.54, 1.807) is 42.5 Å². The number of para-hydroxylation sites is 1. The zero-order valence-corrected chi connectivity index (χ0v) is 14.7. The molecule has 1 amide bonds. The van der Waals surface area contributed by atoms with E-state index >= 15 is 0 Å². The first-order valence-electron chi connectivity index (χ1n) is 7.89. The molecule has 0 aliphatic rings. The van der Waals surface area contributed by atoms with Crippen LogP contribution < -0.4 is 5.32 Å². The summed E-state index contributed by atoms with van der Waals surface area (Å²) in [6.07, 6.45) is 1.34. The number of nitrogens with one attached hydrogen (secondary N) is 1. The van der Waals surface area contributed by atoms with Crippen LogP contribution in [0, 0.1) is 22.7 Å². The van der Waals surface area contributed by atoms with Crippen molar-refractivity contribution >= 4 is 29.3 Å². The average Bonchev–Trinajstić information content (AvgIpc) is 3.15. The van der Waals surface area contributed by atoms with E-state index in [2.05, 4.69) is 5.32 Å². The third-order valence-electron chi connectivity index (χ3n) is 3.71. The van der Waals surface area contributed by atoms with Gasteiger partial charge in [0, 0.05) is 11.6 Å². The minimum Gasteiger partial charge on any atom is -0.457 e. The van der Waals surface area contributed by atoms with Gasteiger partial charge in [0.15, 0.2) is 0 Å². The maximum atomic E-state index is 12.4. The molecule has 0 aliphatic heterocycles. The van der Waals surface area contributed by atoms with Crippen molar-refractivity contribution in [3.63, 3.8) is 0 Å². The Kier molecular flexibility index (Phi) is 5.37. The van der Waals surface area contributed by atoms with E-state index in [-0.39, 0.29) is 5.57 Å². The van der Waals surface area contributed by atoms with Crippen LogP contribution in [0.25, 0.3) is 17.4 Å². The highest BCUT2D eigenvalue weighted by Gasteiger charge is 2.13. The van der Waals surface area contributed by atoms with Gasteiger partial charge in [-0.2, -0.15) is 10.5 Å². The molecule has 1 heterocycles. The molecule has 130 valence electrons. The second-order valence-corrected chi connectivity index (χ2v) is 5.87. The quantitative estimate of drug-likeness (QED) is 0.513. The van der Waals surface area contributed by atoms with E-state index in [0.717, 1.165) is 0 Å². The lowest BCUT2D eigenvalue weighted by atomic mass is 10.1. The van der Waals surface area contributed by atoms with E-state index in [1.165, 1.54) is 6.08 Å². The highest BCUT2D eigenvalue weighted by atomic mass is 35.5. The van der Waals surface area contributed by atoms with Gasteiger partial charge in [-0.15, -0.1) is 0 Å². The van der Waals surface area contributed by atoms with Crippen molar-refractivity contribution in [2.45, 2.75) is 0 Å². The molecule has 3 rings (SSSR count). The standard InChI is InChI=1S/C21H12ClN3O2/c22-18-7-3-2-6-17(18)20-10-9-16(27-20)11-15(13-24)21(26)25-19-8-4-1-5-14(19)12-23/h1-11H,(H,25,26)/b15-11+. The smallest absolute Gasteiger partial charge is 0.266 e. The Labute approximate surface area is 160 Å². The molecular formula is C21H12ClN3O2. The van der Waals surface area contributed by atoms with Crippen LogP contribution in [0.3, 0.4) is 0 Å². The Bertz CT molecular complexity index is 1120. The minimum atomic E-state index is -0.629. The van der Waals surface area contributed by atoms with Crippen LogP contribution in [0.4, 0.5) is 5.69 Å². The Morgan fingerprint density at radius 2 is 1.78 bits per heavy atom. The molecule has 27 heavy (non-hydrogen) atoms. The van der Waals surface area contributed by atoms with Crippen LogP contribution in [0.1, 0.15) is 11.3 Å². The van der Waals surface area contributed by atoms with Crippen molar-refractivity contribution in [3.05, 3.63) is 82.6 Å². The number of hydrogen-bond donors (Lipinski definition) is 1.